The fourth-order valence-corrected chi connectivity index (χ4v) is 3.06. The number of hydrogen-bond donors (Lipinski definition) is 1. The van der Waals surface area contributed by atoms with Crippen molar-refractivity contribution >= 4 is 5.91 Å². The molecule has 2 aromatic rings. The lowest BCUT2D eigenvalue weighted by Gasteiger charge is -2.20. The van der Waals surface area contributed by atoms with E-state index in [9.17, 15) is 4.79 Å². The molecule has 0 radical (unpaired) electrons. The van der Waals surface area contributed by atoms with Crippen LogP contribution in [0.5, 0.6) is 11.5 Å². The van der Waals surface area contributed by atoms with E-state index in [4.69, 9.17) is 9.47 Å². The molecule has 4 heteroatoms. The summed E-state index contributed by atoms with van der Waals surface area (Å²) in [6.07, 6.45) is 2.29. The number of nitrogens with one attached hydrogen (secondary N) is 1. The van der Waals surface area contributed by atoms with Crippen LogP contribution < -0.4 is 14.8 Å². The highest BCUT2D eigenvalue weighted by atomic mass is 16.5. The van der Waals surface area contributed by atoms with Crippen molar-refractivity contribution in [1.29, 1.82) is 0 Å². The molecule has 126 valence electrons. The van der Waals surface area contributed by atoms with Gasteiger partial charge < -0.3 is 14.8 Å². The summed E-state index contributed by atoms with van der Waals surface area (Å²) in [6, 6.07) is 13.9. The number of carbonyl (C=O) groups excluding carboxylic acids is 1. The summed E-state index contributed by atoms with van der Waals surface area (Å²) < 4.78 is 10.7. The Hall–Kier alpha value is -2.49. The number of carbonyl (C=O) groups is 1. The highest BCUT2D eigenvalue weighted by Gasteiger charge is 2.45. The lowest BCUT2D eigenvalue weighted by atomic mass is 10.0. The molecule has 1 aliphatic carbocycles. The van der Waals surface area contributed by atoms with Gasteiger partial charge in [0.25, 0.3) is 0 Å². The second-order valence-corrected chi connectivity index (χ2v) is 6.37. The van der Waals surface area contributed by atoms with Gasteiger partial charge in [-0.2, -0.15) is 0 Å². The molecule has 0 atom stereocenters. The van der Waals surface area contributed by atoms with E-state index < -0.39 is 0 Å². The Morgan fingerprint density at radius 3 is 2.46 bits per heavy atom. The maximum Gasteiger partial charge on any atom is 0.225 e. The standard InChI is InChI=1S/C20H23NO3/c1-14-5-4-6-15(11-14)12-19(22)21-20(9-10-20)16-7-8-17(23-2)18(13-16)24-3/h4-8,11,13H,9-10,12H2,1-3H3,(H,21,22). The fraction of sp³-hybridized carbons (Fsp3) is 0.350. The Kier molecular flexibility index (Phi) is 4.47. The van der Waals surface area contributed by atoms with Gasteiger partial charge in [0.1, 0.15) is 0 Å². The van der Waals surface area contributed by atoms with E-state index in [2.05, 4.69) is 11.4 Å². The highest BCUT2D eigenvalue weighted by Crippen LogP contribution is 2.47. The van der Waals surface area contributed by atoms with Crippen LogP contribution in [-0.2, 0) is 16.8 Å². The molecule has 24 heavy (non-hydrogen) atoms. The summed E-state index contributed by atoms with van der Waals surface area (Å²) in [4.78, 5) is 12.5. The second kappa shape index (κ2) is 6.56. The van der Waals surface area contributed by atoms with Crippen LogP contribution in [0.15, 0.2) is 42.5 Å². The van der Waals surface area contributed by atoms with Gasteiger partial charge >= 0.3 is 0 Å². The molecule has 1 fully saturated rings. The van der Waals surface area contributed by atoms with Gasteiger partial charge in [-0.15, -0.1) is 0 Å². The zero-order valence-electron chi connectivity index (χ0n) is 14.4. The maximum absolute atomic E-state index is 12.5. The molecule has 0 saturated heterocycles. The SMILES string of the molecule is COc1ccc(C2(NC(=O)Cc3cccc(C)c3)CC2)cc1OC. The Balaban J connectivity index is 1.73. The molecule has 1 saturated carbocycles. The number of aryl methyl sites for hydroxylation is 1. The number of rotatable bonds is 6. The van der Waals surface area contributed by atoms with E-state index in [1.807, 2.05) is 43.3 Å². The lowest BCUT2D eigenvalue weighted by molar-refractivity contribution is -0.121. The van der Waals surface area contributed by atoms with Gasteiger partial charge in [-0.3, -0.25) is 4.79 Å². The molecule has 0 heterocycles. The van der Waals surface area contributed by atoms with Crippen LogP contribution in [0.1, 0.15) is 29.5 Å². The van der Waals surface area contributed by atoms with Crippen LogP contribution in [0.25, 0.3) is 0 Å². The minimum absolute atomic E-state index is 0.0490. The number of methoxy groups -OCH3 is 2. The molecule has 4 nitrogen and oxygen atoms in total. The lowest BCUT2D eigenvalue weighted by Crippen LogP contribution is -2.35. The first-order valence-corrected chi connectivity index (χ1v) is 8.15. The van der Waals surface area contributed by atoms with Crippen LogP contribution in [-0.4, -0.2) is 20.1 Å². The quantitative estimate of drug-likeness (QED) is 0.886. The van der Waals surface area contributed by atoms with E-state index in [-0.39, 0.29) is 11.4 Å². The fourth-order valence-electron chi connectivity index (χ4n) is 3.06. The van der Waals surface area contributed by atoms with Crippen LogP contribution in [0.2, 0.25) is 0 Å². The van der Waals surface area contributed by atoms with Crippen molar-refractivity contribution in [2.75, 3.05) is 14.2 Å². The minimum Gasteiger partial charge on any atom is -0.493 e. The Bertz CT molecular complexity index is 750. The first kappa shape index (κ1) is 16.4. The van der Waals surface area contributed by atoms with E-state index in [0.29, 0.717) is 17.9 Å². The largest absolute Gasteiger partial charge is 0.493 e. The third-order valence-electron chi connectivity index (χ3n) is 4.51. The van der Waals surface area contributed by atoms with Crippen LogP contribution in [0.3, 0.4) is 0 Å². The molecule has 2 aromatic carbocycles. The van der Waals surface area contributed by atoms with Crippen LogP contribution >= 0.6 is 0 Å². The molecule has 1 N–H and O–H groups in total. The maximum atomic E-state index is 12.5. The van der Waals surface area contributed by atoms with E-state index in [0.717, 1.165) is 24.0 Å². The zero-order chi connectivity index (χ0) is 17.2. The predicted octanol–water partition coefficient (Wildman–Crippen LogP) is 3.36. The monoisotopic (exact) mass is 325 g/mol. The summed E-state index contributed by atoms with van der Waals surface area (Å²) in [6.45, 7) is 2.04. The Labute approximate surface area is 142 Å². The van der Waals surface area contributed by atoms with Crippen molar-refractivity contribution < 1.29 is 14.3 Å². The van der Waals surface area contributed by atoms with Crippen molar-refractivity contribution in [3.8, 4) is 11.5 Å². The number of hydrogen-bond acceptors (Lipinski definition) is 3. The third kappa shape index (κ3) is 3.37. The van der Waals surface area contributed by atoms with Gasteiger partial charge in [0.2, 0.25) is 5.91 Å². The molecule has 0 unspecified atom stereocenters. The smallest absolute Gasteiger partial charge is 0.225 e. The molecule has 0 aromatic heterocycles. The van der Waals surface area contributed by atoms with E-state index >= 15 is 0 Å². The van der Waals surface area contributed by atoms with Gasteiger partial charge in [-0.05, 0) is 43.0 Å². The predicted molar refractivity (Wildman–Crippen MR) is 93.5 cm³/mol. The molecule has 0 spiro atoms. The van der Waals surface area contributed by atoms with Crippen molar-refractivity contribution in [1.82, 2.24) is 5.32 Å². The van der Waals surface area contributed by atoms with Gasteiger partial charge in [0.15, 0.2) is 11.5 Å². The second-order valence-electron chi connectivity index (χ2n) is 6.37. The minimum atomic E-state index is -0.263. The molecule has 0 bridgehead atoms. The van der Waals surface area contributed by atoms with Crippen LogP contribution in [0.4, 0.5) is 0 Å². The average molecular weight is 325 g/mol. The molecule has 1 amide bonds. The summed E-state index contributed by atoms with van der Waals surface area (Å²) in [5, 5.41) is 3.21. The highest BCUT2D eigenvalue weighted by molar-refractivity contribution is 5.80. The molecule has 3 rings (SSSR count). The molecule has 0 aliphatic heterocycles. The van der Waals surface area contributed by atoms with Crippen molar-refractivity contribution in [3.05, 3.63) is 59.2 Å². The zero-order valence-corrected chi connectivity index (χ0v) is 14.4. The average Bonchev–Trinajstić information content (AvgIpc) is 3.34. The first-order valence-electron chi connectivity index (χ1n) is 8.15. The van der Waals surface area contributed by atoms with Gasteiger partial charge in [0.05, 0.1) is 26.2 Å². The number of benzene rings is 2. The Morgan fingerprint density at radius 2 is 1.83 bits per heavy atom. The van der Waals surface area contributed by atoms with Crippen molar-refractivity contribution in [2.45, 2.75) is 31.7 Å². The Morgan fingerprint density at radius 1 is 1.08 bits per heavy atom. The van der Waals surface area contributed by atoms with E-state index in [1.54, 1.807) is 14.2 Å². The summed E-state index contributed by atoms with van der Waals surface area (Å²) in [5.74, 6) is 1.44. The van der Waals surface area contributed by atoms with E-state index in [1.165, 1.54) is 5.56 Å². The summed E-state index contributed by atoms with van der Waals surface area (Å²) >= 11 is 0. The van der Waals surface area contributed by atoms with Gasteiger partial charge in [-0.25, -0.2) is 0 Å². The van der Waals surface area contributed by atoms with Crippen LogP contribution in [0, 0.1) is 6.92 Å². The van der Waals surface area contributed by atoms with Crippen molar-refractivity contribution in [2.24, 2.45) is 0 Å². The number of amides is 1. The summed E-state index contributed by atoms with van der Waals surface area (Å²) in [7, 11) is 3.24. The number of ether oxygens (including phenoxy) is 2. The third-order valence-corrected chi connectivity index (χ3v) is 4.51. The topological polar surface area (TPSA) is 47.6 Å². The van der Waals surface area contributed by atoms with Gasteiger partial charge in [-0.1, -0.05) is 35.9 Å². The molecular formula is C20H23NO3. The summed E-state index contributed by atoms with van der Waals surface area (Å²) in [5.41, 5.74) is 3.01. The molecule has 1 aliphatic rings. The van der Waals surface area contributed by atoms with Crippen molar-refractivity contribution in [3.63, 3.8) is 0 Å². The molecular weight excluding hydrogens is 302 g/mol. The first-order chi connectivity index (χ1) is 11.6. The normalized spacial score (nSPS) is 14.8. The van der Waals surface area contributed by atoms with Gasteiger partial charge in [0, 0.05) is 0 Å².